The standard InChI is InChI=1S/C23H22ClN3O5/c1-31-16-9-10-17(18(13-16)32-2)27-22(29)19(24)20(23(27)30)25-15-7-5-14(6-8-15)21(28)26-11-3-4-12-26/h5-10,13,25H,3-4,11-12H2,1-2H3. The SMILES string of the molecule is COc1ccc(N2C(=O)C(Cl)=C(Nc3ccc(C(=O)N4CCCC4)cc3)C2=O)c(OC)c1. The number of methoxy groups -OCH3 is 2. The second-order valence-corrected chi connectivity index (χ2v) is 7.75. The maximum Gasteiger partial charge on any atom is 0.283 e. The highest BCUT2D eigenvalue weighted by Crippen LogP contribution is 2.37. The summed E-state index contributed by atoms with van der Waals surface area (Å²) in [5.41, 5.74) is 1.30. The fraction of sp³-hybridized carbons (Fsp3) is 0.261. The number of nitrogens with zero attached hydrogens (tertiary/aromatic N) is 2. The molecule has 1 saturated heterocycles. The minimum atomic E-state index is -0.663. The molecule has 0 spiro atoms. The molecular formula is C23H22ClN3O5. The molecular weight excluding hydrogens is 434 g/mol. The van der Waals surface area contributed by atoms with Crippen molar-refractivity contribution in [2.45, 2.75) is 12.8 Å². The molecule has 0 aromatic heterocycles. The number of carbonyl (C=O) groups is 3. The molecule has 3 amide bonds. The molecule has 1 fully saturated rings. The molecule has 9 heteroatoms. The lowest BCUT2D eigenvalue weighted by Crippen LogP contribution is -2.32. The maximum absolute atomic E-state index is 13.1. The minimum absolute atomic E-state index is 0.0174. The van der Waals surface area contributed by atoms with Crippen LogP contribution in [0.2, 0.25) is 0 Å². The van der Waals surface area contributed by atoms with Gasteiger partial charge >= 0.3 is 0 Å². The Morgan fingerprint density at radius 2 is 1.66 bits per heavy atom. The van der Waals surface area contributed by atoms with Crippen LogP contribution in [0.1, 0.15) is 23.2 Å². The molecule has 2 aromatic rings. The number of rotatable bonds is 6. The van der Waals surface area contributed by atoms with Gasteiger partial charge in [-0.05, 0) is 49.2 Å². The Morgan fingerprint density at radius 1 is 0.969 bits per heavy atom. The van der Waals surface area contributed by atoms with E-state index in [1.54, 1.807) is 42.5 Å². The van der Waals surface area contributed by atoms with Crippen molar-refractivity contribution in [1.82, 2.24) is 4.90 Å². The number of ether oxygens (including phenoxy) is 2. The Bertz CT molecular complexity index is 1110. The Kier molecular flexibility index (Phi) is 6.05. The van der Waals surface area contributed by atoms with Crippen molar-refractivity contribution in [3.63, 3.8) is 0 Å². The minimum Gasteiger partial charge on any atom is -0.497 e. The lowest BCUT2D eigenvalue weighted by Gasteiger charge is -2.19. The van der Waals surface area contributed by atoms with Crippen LogP contribution in [-0.4, -0.2) is 49.9 Å². The van der Waals surface area contributed by atoms with Gasteiger partial charge < -0.3 is 19.7 Å². The number of nitrogens with one attached hydrogen (secondary N) is 1. The highest BCUT2D eigenvalue weighted by atomic mass is 35.5. The van der Waals surface area contributed by atoms with Crippen molar-refractivity contribution in [3.8, 4) is 11.5 Å². The zero-order valence-corrected chi connectivity index (χ0v) is 18.4. The molecule has 0 atom stereocenters. The van der Waals surface area contributed by atoms with Gasteiger partial charge in [0.1, 0.15) is 22.2 Å². The van der Waals surface area contributed by atoms with E-state index in [9.17, 15) is 14.4 Å². The molecule has 2 aliphatic rings. The zero-order valence-electron chi connectivity index (χ0n) is 17.7. The second-order valence-electron chi connectivity index (χ2n) is 7.37. The molecule has 0 radical (unpaired) electrons. The molecule has 4 rings (SSSR count). The average Bonchev–Trinajstić information content (AvgIpc) is 3.43. The summed E-state index contributed by atoms with van der Waals surface area (Å²) in [6.07, 6.45) is 2.04. The normalized spacial score (nSPS) is 16.1. The van der Waals surface area contributed by atoms with Crippen molar-refractivity contribution < 1.29 is 23.9 Å². The van der Waals surface area contributed by atoms with Gasteiger partial charge in [0.2, 0.25) is 0 Å². The van der Waals surface area contributed by atoms with Gasteiger partial charge in [0.05, 0.1) is 19.9 Å². The van der Waals surface area contributed by atoms with Crippen molar-refractivity contribution in [2.24, 2.45) is 0 Å². The van der Waals surface area contributed by atoms with Crippen LogP contribution >= 0.6 is 11.6 Å². The second kappa shape index (κ2) is 8.92. The summed E-state index contributed by atoms with van der Waals surface area (Å²) < 4.78 is 10.5. The summed E-state index contributed by atoms with van der Waals surface area (Å²) in [6, 6.07) is 11.5. The molecule has 0 aliphatic carbocycles. The van der Waals surface area contributed by atoms with E-state index in [4.69, 9.17) is 21.1 Å². The Balaban J connectivity index is 1.54. The van der Waals surface area contributed by atoms with Gasteiger partial charge in [-0.2, -0.15) is 0 Å². The molecule has 8 nitrogen and oxygen atoms in total. The third-order valence-corrected chi connectivity index (χ3v) is 5.80. The van der Waals surface area contributed by atoms with E-state index in [-0.39, 0.29) is 22.3 Å². The number of hydrogen-bond acceptors (Lipinski definition) is 6. The zero-order chi connectivity index (χ0) is 22.8. The van der Waals surface area contributed by atoms with Crippen molar-refractivity contribution in [2.75, 3.05) is 37.5 Å². The number of benzene rings is 2. The molecule has 0 saturated carbocycles. The van der Waals surface area contributed by atoms with Crippen LogP contribution in [0.25, 0.3) is 0 Å². The lowest BCUT2D eigenvalue weighted by atomic mass is 10.2. The maximum atomic E-state index is 13.1. The highest BCUT2D eigenvalue weighted by molar-refractivity contribution is 6.53. The van der Waals surface area contributed by atoms with Gasteiger partial charge in [-0.1, -0.05) is 11.6 Å². The van der Waals surface area contributed by atoms with Crippen molar-refractivity contribution in [1.29, 1.82) is 0 Å². The quantitative estimate of drug-likeness (QED) is 0.672. The largest absolute Gasteiger partial charge is 0.497 e. The first kappa shape index (κ1) is 21.7. The number of likely N-dealkylation sites (tertiary alicyclic amines) is 1. The third-order valence-electron chi connectivity index (χ3n) is 5.45. The van der Waals surface area contributed by atoms with Crippen LogP contribution in [0.15, 0.2) is 53.2 Å². The summed E-state index contributed by atoms with van der Waals surface area (Å²) in [5, 5.41) is 2.68. The molecule has 32 heavy (non-hydrogen) atoms. The van der Waals surface area contributed by atoms with Gasteiger partial charge in [0.15, 0.2) is 0 Å². The Labute approximate surface area is 190 Å². The van der Waals surface area contributed by atoms with Gasteiger partial charge in [-0.3, -0.25) is 14.4 Å². The average molecular weight is 456 g/mol. The van der Waals surface area contributed by atoms with E-state index in [1.807, 2.05) is 4.90 Å². The predicted molar refractivity (Wildman–Crippen MR) is 120 cm³/mol. The first-order valence-electron chi connectivity index (χ1n) is 10.1. The first-order chi connectivity index (χ1) is 15.4. The number of halogens is 1. The third kappa shape index (κ3) is 3.89. The fourth-order valence-electron chi connectivity index (χ4n) is 3.74. The van der Waals surface area contributed by atoms with Crippen molar-refractivity contribution >= 4 is 40.7 Å². The summed E-state index contributed by atoms with van der Waals surface area (Å²) in [4.78, 5) is 41.1. The van der Waals surface area contributed by atoms with Gasteiger partial charge in [0, 0.05) is 30.4 Å². The molecule has 2 aliphatic heterocycles. The van der Waals surface area contributed by atoms with Gasteiger partial charge in [-0.15, -0.1) is 0 Å². The van der Waals surface area contributed by atoms with Crippen LogP contribution < -0.4 is 19.7 Å². The molecule has 1 N–H and O–H groups in total. The van der Waals surface area contributed by atoms with Crippen LogP contribution in [0.4, 0.5) is 11.4 Å². The molecule has 2 aromatic carbocycles. The topological polar surface area (TPSA) is 88.2 Å². The molecule has 0 bridgehead atoms. The van der Waals surface area contributed by atoms with Gasteiger partial charge in [-0.25, -0.2) is 4.90 Å². The summed E-state index contributed by atoms with van der Waals surface area (Å²) in [5.74, 6) is -0.479. The van der Waals surface area contributed by atoms with E-state index >= 15 is 0 Å². The van der Waals surface area contributed by atoms with Crippen molar-refractivity contribution in [3.05, 3.63) is 58.8 Å². The highest BCUT2D eigenvalue weighted by Gasteiger charge is 2.40. The lowest BCUT2D eigenvalue weighted by molar-refractivity contribution is -0.120. The number of hydrogen-bond donors (Lipinski definition) is 1. The summed E-state index contributed by atoms with van der Waals surface area (Å²) >= 11 is 6.22. The molecule has 2 heterocycles. The monoisotopic (exact) mass is 455 g/mol. The van der Waals surface area contributed by atoms with Crippen LogP contribution in [0, 0.1) is 0 Å². The Morgan fingerprint density at radius 3 is 2.28 bits per heavy atom. The van der Waals surface area contributed by atoms with E-state index < -0.39 is 11.8 Å². The van der Waals surface area contributed by atoms with E-state index in [2.05, 4.69) is 5.32 Å². The Hall–Kier alpha value is -3.52. The van der Waals surface area contributed by atoms with E-state index in [0.29, 0.717) is 22.7 Å². The number of carbonyl (C=O) groups excluding carboxylic acids is 3. The summed E-state index contributed by atoms with van der Waals surface area (Å²) in [6.45, 7) is 1.53. The van der Waals surface area contributed by atoms with E-state index in [0.717, 1.165) is 30.8 Å². The van der Waals surface area contributed by atoms with Crippen LogP contribution in [0.5, 0.6) is 11.5 Å². The number of amides is 3. The predicted octanol–water partition coefficient (Wildman–Crippen LogP) is 3.38. The first-order valence-corrected chi connectivity index (χ1v) is 10.5. The number of imide groups is 1. The van der Waals surface area contributed by atoms with Crippen LogP contribution in [0.3, 0.4) is 0 Å². The fourth-order valence-corrected chi connectivity index (χ4v) is 3.96. The molecule has 166 valence electrons. The summed E-state index contributed by atoms with van der Waals surface area (Å²) in [7, 11) is 2.94. The van der Waals surface area contributed by atoms with Crippen LogP contribution in [-0.2, 0) is 9.59 Å². The molecule has 0 unspecified atom stereocenters. The smallest absolute Gasteiger partial charge is 0.283 e. The number of anilines is 2. The van der Waals surface area contributed by atoms with E-state index in [1.165, 1.54) is 14.2 Å². The van der Waals surface area contributed by atoms with Gasteiger partial charge in [0.25, 0.3) is 17.7 Å².